The number of carbonyl (C=O) groups is 1. The third kappa shape index (κ3) is 3.07. The van der Waals surface area contributed by atoms with Crippen molar-refractivity contribution in [1.82, 2.24) is 0 Å². The number of aryl methyl sites for hydroxylation is 2. The lowest BCUT2D eigenvalue weighted by molar-refractivity contribution is -0.109. The highest BCUT2D eigenvalue weighted by atomic mass is 16.1. The molecule has 0 N–H and O–H groups in total. The maximum absolute atomic E-state index is 11.3. The monoisotopic (exact) mass is 238 g/mol. The second-order valence-electron chi connectivity index (χ2n) is 4.85. The molecule has 92 valence electrons. The van der Waals surface area contributed by atoms with Crippen LogP contribution in [-0.4, -0.2) is 6.29 Å². The highest BCUT2D eigenvalue weighted by molar-refractivity contribution is 5.63. The van der Waals surface area contributed by atoms with Crippen molar-refractivity contribution >= 4 is 6.29 Å². The predicted octanol–water partition coefficient (Wildman–Crippen LogP) is 3.83. The molecule has 2 rings (SSSR count). The first-order valence-corrected chi connectivity index (χ1v) is 6.26. The molecule has 0 heterocycles. The predicted molar refractivity (Wildman–Crippen MR) is 74.9 cm³/mol. The summed E-state index contributed by atoms with van der Waals surface area (Å²) in [5.41, 5.74) is 4.75. The van der Waals surface area contributed by atoms with Crippen molar-refractivity contribution in [1.29, 1.82) is 0 Å². The SMILES string of the molecule is Cc1cc(C)cc(C(C=O)Cc2ccccc2)c1. The normalized spacial score (nSPS) is 12.1. The van der Waals surface area contributed by atoms with Crippen molar-refractivity contribution in [3.8, 4) is 0 Å². The van der Waals surface area contributed by atoms with Gasteiger partial charge in [0, 0.05) is 5.92 Å². The molecule has 0 fully saturated rings. The van der Waals surface area contributed by atoms with Crippen molar-refractivity contribution in [2.75, 3.05) is 0 Å². The van der Waals surface area contributed by atoms with Gasteiger partial charge in [0.25, 0.3) is 0 Å². The molecular formula is C17H18O. The highest BCUT2D eigenvalue weighted by Gasteiger charge is 2.12. The van der Waals surface area contributed by atoms with Gasteiger partial charge in [0.15, 0.2) is 0 Å². The van der Waals surface area contributed by atoms with Gasteiger partial charge in [0.2, 0.25) is 0 Å². The van der Waals surface area contributed by atoms with E-state index in [1.54, 1.807) is 0 Å². The Morgan fingerprint density at radius 2 is 1.61 bits per heavy atom. The van der Waals surface area contributed by atoms with Crippen molar-refractivity contribution in [3.05, 3.63) is 70.8 Å². The average molecular weight is 238 g/mol. The number of benzene rings is 2. The van der Waals surface area contributed by atoms with Crippen LogP contribution in [0.15, 0.2) is 48.5 Å². The maximum Gasteiger partial charge on any atom is 0.127 e. The third-order valence-corrected chi connectivity index (χ3v) is 3.13. The van der Waals surface area contributed by atoms with E-state index in [-0.39, 0.29) is 5.92 Å². The minimum atomic E-state index is -0.0500. The summed E-state index contributed by atoms with van der Waals surface area (Å²) in [5.74, 6) is -0.0500. The quantitative estimate of drug-likeness (QED) is 0.740. The Balaban J connectivity index is 2.25. The number of aldehydes is 1. The maximum atomic E-state index is 11.3. The Bertz CT molecular complexity index is 508. The van der Waals surface area contributed by atoms with E-state index in [1.807, 2.05) is 18.2 Å². The second kappa shape index (κ2) is 5.63. The van der Waals surface area contributed by atoms with E-state index >= 15 is 0 Å². The molecule has 0 bridgehead atoms. The van der Waals surface area contributed by atoms with Gasteiger partial charge in [-0.15, -0.1) is 0 Å². The number of hydrogen-bond donors (Lipinski definition) is 0. The van der Waals surface area contributed by atoms with Gasteiger partial charge in [-0.2, -0.15) is 0 Å². The van der Waals surface area contributed by atoms with E-state index in [0.29, 0.717) is 0 Å². The molecule has 0 aromatic heterocycles. The zero-order chi connectivity index (χ0) is 13.0. The van der Waals surface area contributed by atoms with Crippen LogP contribution in [0.5, 0.6) is 0 Å². The fourth-order valence-corrected chi connectivity index (χ4v) is 2.34. The van der Waals surface area contributed by atoms with Crippen molar-refractivity contribution in [3.63, 3.8) is 0 Å². The van der Waals surface area contributed by atoms with Gasteiger partial charge in [0.1, 0.15) is 6.29 Å². The van der Waals surface area contributed by atoms with E-state index in [4.69, 9.17) is 0 Å². The van der Waals surface area contributed by atoms with Gasteiger partial charge in [-0.1, -0.05) is 59.7 Å². The fourth-order valence-electron chi connectivity index (χ4n) is 2.34. The van der Waals surface area contributed by atoms with Gasteiger partial charge in [-0.05, 0) is 31.4 Å². The molecule has 1 nitrogen and oxygen atoms in total. The third-order valence-electron chi connectivity index (χ3n) is 3.13. The van der Waals surface area contributed by atoms with Crippen LogP contribution in [-0.2, 0) is 11.2 Å². The lowest BCUT2D eigenvalue weighted by atomic mass is 9.91. The molecule has 1 heteroatoms. The van der Waals surface area contributed by atoms with Crippen LogP contribution in [0.25, 0.3) is 0 Å². The molecule has 1 atom stereocenters. The minimum Gasteiger partial charge on any atom is -0.303 e. The summed E-state index contributed by atoms with van der Waals surface area (Å²) in [6.07, 6.45) is 1.83. The average Bonchev–Trinajstić information content (AvgIpc) is 2.36. The molecule has 2 aromatic rings. The molecule has 0 saturated carbocycles. The van der Waals surface area contributed by atoms with E-state index < -0.39 is 0 Å². The summed E-state index contributed by atoms with van der Waals surface area (Å²) in [7, 11) is 0. The fraction of sp³-hybridized carbons (Fsp3) is 0.235. The van der Waals surface area contributed by atoms with Crippen LogP contribution in [0.4, 0.5) is 0 Å². The van der Waals surface area contributed by atoms with E-state index in [0.717, 1.165) is 18.3 Å². The van der Waals surface area contributed by atoms with Crippen LogP contribution >= 0.6 is 0 Å². The Morgan fingerprint density at radius 3 is 2.17 bits per heavy atom. The minimum absolute atomic E-state index is 0.0500. The second-order valence-corrected chi connectivity index (χ2v) is 4.85. The zero-order valence-electron chi connectivity index (χ0n) is 10.9. The molecule has 1 unspecified atom stereocenters. The first kappa shape index (κ1) is 12.6. The molecule has 0 spiro atoms. The molecule has 18 heavy (non-hydrogen) atoms. The summed E-state index contributed by atoms with van der Waals surface area (Å²) in [6, 6.07) is 16.5. The Hall–Kier alpha value is -1.89. The molecule has 0 aliphatic heterocycles. The zero-order valence-corrected chi connectivity index (χ0v) is 10.9. The molecule has 0 saturated heterocycles. The summed E-state index contributed by atoms with van der Waals surface area (Å²) in [6.45, 7) is 4.14. The van der Waals surface area contributed by atoms with E-state index in [1.165, 1.54) is 16.7 Å². The highest BCUT2D eigenvalue weighted by Crippen LogP contribution is 2.21. The molecule has 2 aromatic carbocycles. The Morgan fingerprint density at radius 1 is 1.00 bits per heavy atom. The molecule has 0 aliphatic carbocycles. The Labute approximate surface area is 108 Å². The van der Waals surface area contributed by atoms with E-state index in [9.17, 15) is 4.79 Å². The van der Waals surface area contributed by atoms with Gasteiger partial charge in [-0.3, -0.25) is 0 Å². The molecule has 0 amide bonds. The van der Waals surface area contributed by atoms with Crippen LogP contribution < -0.4 is 0 Å². The summed E-state index contributed by atoms with van der Waals surface area (Å²) in [4.78, 5) is 11.3. The van der Waals surface area contributed by atoms with Crippen LogP contribution in [0.2, 0.25) is 0 Å². The standard InChI is InChI=1S/C17H18O/c1-13-8-14(2)10-16(9-13)17(12-18)11-15-6-4-3-5-7-15/h3-10,12,17H,11H2,1-2H3. The van der Waals surface area contributed by atoms with Gasteiger partial charge in [0.05, 0.1) is 0 Å². The smallest absolute Gasteiger partial charge is 0.127 e. The first-order chi connectivity index (χ1) is 8.69. The van der Waals surface area contributed by atoms with Crippen LogP contribution in [0.3, 0.4) is 0 Å². The van der Waals surface area contributed by atoms with Gasteiger partial charge < -0.3 is 4.79 Å². The van der Waals surface area contributed by atoms with Crippen molar-refractivity contribution in [2.24, 2.45) is 0 Å². The number of hydrogen-bond acceptors (Lipinski definition) is 1. The first-order valence-electron chi connectivity index (χ1n) is 6.26. The summed E-state index contributed by atoms with van der Waals surface area (Å²) >= 11 is 0. The number of rotatable bonds is 4. The lowest BCUT2D eigenvalue weighted by Crippen LogP contribution is -2.05. The topological polar surface area (TPSA) is 17.1 Å². The molecular weight excluding hydrogens is 220 g/mol. The van der Waals surface area contributed by atoms with Crippen LogP contribution in [0.1, 0.15) is 28.2 Å². The largest absolute Gasteiger partial charge is 0.303 e. The summed E-state index contributed by atoms with van der Waals surface area (Å²) < 4.78 is 0. The van der Waals surface area contributed by atoms with Crippen molar-refractivity contribution in [2.45, 2.75) is 26.2 Å². The van der Waals surface area contributed by atoms with Crippen LogP contribution in [0, 0.1) is 13.8 Å². The van der Waals surface area contributed by atoms with Crippen molar-refractivity contribution < 1.29 is 4.79 Å². The van der Waals surface area contributed by atoms with Gasteiger partial charge >= 0.3 is 0 Å². The molecule has 0 aliphatic rings. The number of carbonyl (C=O) groups excluding carboxylic acids is 1. The van der Waals surface area contributed by atoms with E-state index in [2.05, 4.69) is 44.2 Å². The Kier molecular flexibility index (Phi) is 3.93. The molecule has 0 radical (unpaired) electrons. The summed E-state index contributed by atoms with van der Waals surface area (Å²) in [5, 5.41) is 0. The lowest BCUT2D eigenvalue weighted by Gasteiger charge is -2.12. The van der Waals surface area contributed by atoms with Gasteiger partial charge in [-0.25, -0.2) is 0 Å².